The lowest BCUT2D eigenvalue weighted by Crippen LogP contribution is -2.30. The van der Waals surface area contributed by atoms with Crippen LogP contribution in [0.3, 0.4) is 0 Å². The molecule has 0 fully saturated rings. The molecule has 1 rings (SSSR count). The highest BCUT2D eigenvalue weighted by molar-refractivity contribution is 7.54. The summed E-state index contributed by atoms with van der Waals surface area (Å²) in [5.41, 5.74) is -0.185. The second-order valence-electron chi connectivity index (χ2n) is 5.12. The Morgan fingerprint density at radius 1 is 0.960 bits per heavy atom. The number of rotatable bonds is 10. The predicted octanol–water partition coefficient (Wildman–Crippen LogP) is 3.35. The average molecular weight is 372 g/mol. The van der Waals surface area contributed by atoms with Crippen molar-refractivity contribution in [1.82, 2.24) is 0 Å². The third-order valence-corrected chi connectivity index (χ3v) is 5.97. The summed E-state index contributed by atoms with van der Waals surface area (Å²) in [5, 5.41) is 0. The molecule has 1 atom stereocenters. The molecule has 0 aliphatic rings. The Morgan fingerprint density at radius 3 is 1.84 bits per heavy atom. The highest BCUT2D eigenvalue weighted by Gasteiger charge is 2.42. The molecule has 0 amide bonds. The topological polar surface area (TPSA) is 88.1 Å². The number of hydrogen-bond acceptors (Lipinski definition) is 7. The zero-order chi connectivity index (χ0) is 18.9. The molecule has 140 valence electrons. The summed E-state index contributed by atoms with van der Waals surface area (Å²) < 4.78 is 33.2. The van der Waals surface area contributed by atoms with Crippen molar-refractivity contribution in [1.29, 1.82) is 0 Å². The van der Waals surface area contributed by atoms with Crippen LogP contribution in [0.4, 0.5) is 0 Å². The van der Waals surface area contributed by atoms with Crippen molar-refractivity contribution in [2.75, 3.05) is 27.4 Å². The molecule has 0 N–H and O–H groups in total. The normalized spacial score (nSPS) is 12.7. The molecule has 25 heavy (non-hydrogen) atoms. The van der Waals surface area contributed by atoms with Crippen molar-refractivity contribution in [3.8, 4) is 0 Å². The molecular formula is C17H25O7P. The molecule has 0 saturated heterocycles. The summed E-state index contributed by atoms with van der Waals surface area (Å²) in [5.74, 6) is -2.66. The van der Waals surface area contributed by atoms with Gasteiger partial charge in [-0.25, -0.2) is 0 Å². The lowest BCUT2D eigenvalue weighted by molar-refractivity contribution is -0.161. The van der Waals surface area contributed by atoms with Crippen molar-refractivity contribution in [3.05, 3.63) is 35.9 Å². The number of esters is 2. The van der Waals surface area contributed by atoms with Crippen LogP contribution < -0.4 is 0 Å². The third-order valence-electron chi connectivity index (χ3n) is 3.68. The zero-order valence-electron chi connectivity index (χ0n) is 15.0. The molecule has 0 heterocycles. The third kappa shape index (κ3) is 5.66. The van der Waals surface area contributed by atoms with E-state index in [1.165, 1.54) is 14.2 Å². The van der Waals surface area contributed by atoms with E-state index >= 15 is 0 Å². The van der Waals surface area contributed by atoms with E-state index in [-0.39, 0.29) is 19.6 Å². The summed E-state index contributed by atoms with van der Waals surface area (Å²) in [4.78, 5) is 24.5. The summed E-state index contributed by atoms with van der Waals surface area (Å²) in [6.07, 6.45) is -0.110. The first-order chi connectivity index (χ1) is 11.9. The van der Waals surface area contributed by atoms with E-state index in [1.807, 2.05) is 0 Å². The number of carbonyl (C=O) groups is 2. The van der Waals surface area contributed by atoms with Gasteiger partial charge in [0.25, 0.3) is 0 Å². The molecule has 8 heteroatoms. The van der Waals surface area contributed by atoms with Crippen LogP contribution in [0.1, 0.15) is 31.5 Å². The van der Waals surface area contributed by atoms with E-state index < -0.39 is 31.1 Å². The number of ether oxygens (including phenoxy) is 2. The molecular weight excluding hydrogens is 347 g/mol. The average Bonchev–Trinajstić information content (AvgIpc) is 2.63. The van der Waals surface area contributed by atoms with Crippen LogP contribution in [0.15, 0.2) is 30.3 Å². The van der Waals surface area contributed by atoms with Crippen molar-refractivity contribution >= 4 is 19.5 Å². The van der Waals surface area contributed by atoms with E-state index in [9.17, 15) is 14.2 Å². The predicted molar refractivity (Wildman–Crippen MR) is 92.2 cm³/mol. The van der Waals surface area contributed by atoms with Gasteiger partial charge < -0.3 is 18.5 Å². The highest BCUT2D eigenvalue weighted by Crippen LogP contribution is 2.62. The Bertz CT molecular complexity index is 576. The fourth-order valence-corrected chi connectivity index (χ4v) is 4.11. The zero-order valence-corrected chi connectivity index (χ0v) is 15.9. The SMILES string of the molecule is CCOC(=O)C(CC(c1ccccc1)P(=O)(OC)OC)C(=O)OCC. The minimum absolute atomic E-state index is 0.110. The van der Waals surface area contributed by atoms with Crippen molar-refractivity contribution in [3.63, 3.8) is 0 Å². The fraction of sp³-hybridized carbons (Fsp3) is 0.529. The Hall–Kier alpha value is -1.69. The number of hydrogen-bond donors (Lipinski definition) is 0. The van der Waals surface area contributed by atoms with Gasteiger partial charge in [0.2, 0.25) is 0 Å². The first-order valence-corrected chi connectivity index (χ1v) is 9.64. The van der Waals surface area contributed by atoms with Gasteiger partial charge in [0.05, 0.1) is 18.9 Å². The van der Waals surface area contributed by atoms with Gasteiger partial charge in [0, 0.05) is 14.2 Å². The second-order valence-corrected chi connectivity index (χ2v) is 7.56. The van der Waals surface area contributed by atoms with Crippen LogP contribution in [-0.2, 0) is 32.7 Å². The van der Waals surface area contributed by atoms with Crippen LogP contribution in [0.25, 0.3) is 0 Å². The highest BCUT2D eigenvalue weighted by atomic mass is 31.2. The Morgan fingerprint density at radius 2 is 1.44 bits per heavy atom. The maximum absolute atomic E-state index is 13.0. The van der Waals surface area contributed by atoms with Crippen LogP contribution in [0.2, 0.25) is 0 Å². The van der Waals surface area contributed by atoms with Gasteiger partial charge in [-0.05, 0) is 25.8 Å². The molecule has 0 spiro atoms. The quantitative estimate of drug-likeness (QED) is 0.353. The molecule has 0 saturated carbocycles. The molecule has 0 aliphatic heterocycles. The van der Waals surface area contributed by atoms with Gasteiger partial charge in [-0.2, -0.15) is 0 Å². The van der Waals surface area contributed by atoms with E-state index in [4.69, 9.17) is 18.5 Å². The minimum Gasteiger partial charge on any atom is -0.465 e. The Balaban J connectivity index is 3.25. The van der Waals surface area contributed by atoms with Crippen LogP contribution in [-0.4, -0.2) is 39.4 Å². The number of benzene rings is 1. The van der Waals surface area contributed by atoms with E-state index in [1.54, 1.807) is 44.2 Å². The van der Waals surface area contributed by atoms with Gasteiger partial charge in [-0.15, -0.1) is 0 Å². The van der Waals surface area contributed by atoms with Gasteiger partial charge in [-0.3, -0.25) is 14.2 Å². The molecule has 0 bridgehead atoms. The van der Waals surface area contributed by atoms with Crippen molar-refractivity contribution in [2.45, 2.75) is 25.9 Å². The molecule has 1 aromatic rings. The maximum Gasteiger partial charge on any atom is 0.337 e. The molecule has 0 aromatic heterocycles. The first-order valence-electron chi connectivity index (χ1n) is 8.02. The smallest absolute Gasteiger partial charge is 0.337 e. The van der Waals surface area contributed by atoms with Gasteiger partial charge >= 0.3 is 19.5 Å². The molecule has 0 radical (unpaired) electrons. The molecule has 1 unspecified atom stereocenters. The van der Waals surface area contributed by atoms with Gasteiger partial charge in [-0.1, -0.05) is 30.3 Å². The Kier molecular flexibility index (Phi) is 8.83. The summed E-state index contributed by atoms with van der Waals surface area (Å²) >= 11 is 0. The van der Waals surface area contributed by atoms with Crippen molar-refractivity contribution in [2.24, 2.45) is 5.92 Å². The van der Waals surface area contributed by atoms with E-state index in [0.29, 0.717) is 5.56 Å². The standard InChI is InChI=1S/C17H25O7P/c1-5-23-16(18)14(17(19)24-6-2)12-15(25(20,21-3)22-4)13-10-8-7-9-11-13/h7-11,14-15H,5-6,12H2,1-4H3. The lowest BCUT2D eigenvalue weighted by atomic mass is 9.99. The van der Waals surface area contributed by atoms with Gasteiger partial charge in [0.15, 0.2) is 5.92 Å². The van der Waals surface area contributed by atoms with Crippen LogP contribution in [0.5, 0.6) is 0 Å². The van der Waals surface area contributed by atoms with Crippen LogP contribution in [0, 0.1) is 5.92 Å². The molecule has 7 nitrogen and oxygen atoms in total. The van der Waals surface area contributed by atoms with E-state index in [2.05, 4.69) is 0 Å². The molecule has 1 aromatic carbocycles. The maximum atomic E-state index is 13.0. The van der Waals surface area contributed by atoms with Gasteiger partial charge in [0.1, 0.15) is 0 Å². The summed E-state index contributed by atoms with van der Waals surface area (Å²) in [6, 6.07) is 8.81. The first kappa shape index (κ1) is 21.4. The fourth-order valence-electron chi connectivity index (χ4n) is 2.45. The lowest BCUT2D eigenvalue weighted by Gasteiger charge is -2.27. The number of carbonyl (C=O) groups excluding carboxylic acids is 2. The van der Waals surface area contributed by atoms with Crippen molar-refractivity contribution < 1.29 is 32.7 Å². The van der Waals surface area contributed by atoms with Crippen LogP contribution >= 0.6 is 7.60 Å². The second kappa shape index (κ2) is 10.3. The largest absolute Gasteiger partial charge is 0.465 e. The molecule has 0 aliphatic carbocycles. The monoisotopic (exact) mass is 372 g/mol. The van der Waals surface area contributed by atoms with E-state index in [0.717, 1.165) is 0 Å². The minimum atomic E-state index is -3.60. The summed E-state index contributed by atoms with van der Waals surface area (Å²) in [7, 11) is -1.06. The summed E-state index contributed by atoms with van der Waals surface area (Å²) in [6.45, 7) is 3.53. The Labute approximate surface area is 148 Å².